The van der Waals surface area contributed by atoms with E-state index in [1.807, 2.05) is 0 Å². The number of rotatable bonds is 8. The van der Waals surface area contributed by atoms with Crippen molar-refractivity contribution in [2.45, 2.75) is 169 Å². The number of piperidine rings is 1. The van der Waals surface area contributed by atoms with E-state index in [4.69, 9.17) is 0 Å². The van der Waals surface area contributed by atoms with Crippen molar-refractivity contribution in [2.75, 3.05) is 7.05 Å². The molecule has 0 aromatic rings. The standard InChI is InChI=1S/C45H73N/c1-26-17-30-13-16-45(26,25-30)42-34-10-9-33(18-34)41(42)40(28(3)44-14-11-29(24-44)12-15-44)27(2)38-19-32-8-7-31(38)20-39(32)43(4,5)35-21-36-23-37(22-35)46(36)6/h26-42H,7-25H2,1-6H3/t26-,27-,28-,29?,30?,31?,32?,33?,34?,35?,36?,37?,38?,39?,40?,41?,42?,44?,45?/m1/s1. The van der Waals surface area contributed by atoms with Gasteiger partial charge in [0.2, 0.25) is 0 Å². The number of hydrogen-bond acceptors (Lipinski definition) is 1. The molecule has 2 heterocycles. The summed E-state index contributed by atoms with van der Waals surface area (Å²) in [5.74, 6) is 15.6. The molecule has 2 saturated heterocycles. The van der Waals surface area contributed by atoms with Crippen LogP contribution in [-0.4, -0.2) is 24.0 Å². The molecule has 2 aliphatic heterocycles. The Morgan fingerprint density at radius 3 is 1.98 bits per heavy atom. The fraction of sp³-hybridized carbons (Fsp3) is 1.00. The van der Waals surface area contributed by atoms with Crippen LogP contribution in [0.4, 0.5) is 0 Å². The van der Waals surface area contributed by atoms with Gasteiger partial charge in [0.05, 0.1) is 0 Å². The minimum absolute atomic E-state index is 0.552. The highest BCUT2D eigenvalue weighted by molar-refractivity contribution is 5.15. The van der Waals surface area contributed by atoms with E-state index >= 15 is 0 Å². The Labute approximate surface area is 284 Å². The van der Waals surface area contributed by atoms with Gasteiger partial charge in [-0.3, -0.25) is 0 Å². The molecule has 13 unspecified atom stereocenters. The summed E-state index contributed by atoms with van der Waals surface area (Å²) in [7, 11) is 2.42. The van der Waals surface area contributed by atoms with Crippen molar-refractivity contribution < 1.29 is 0 Å². The highest BCUT2D eigenvalue weighted by atomic mass is 15.2. The fourth-order valence-corrected chi connectivity index (χ4v) is 18.7. The van der Waals surface area contributed by atoms with Gasteiger partial charge in [-0.2, -0.15) is 0 Å². The third kappa shape index (κ3) is 4.14. The molecule has 1 nitrogen and oxygen atoms in total. The molecule has 12 fully saturated rings. The molecule has 12 rings (SSSR count). The van der Waals surface area contributed by atoms with Crippen molar-refractivity contribution in [3.8, 4) is 0 Å². The zero-order valence-corrected chi connectivity index (χ0v) is 31.2. The quantitative estimate of drug-likeness (QED) is 0.259. The summed E-state index contributed by atoms with van der Waals surface area (Å²) >= 11 is 0. The van der Waals surface area contributed by atoms with Gasteiger partial charge in [-0.1, -0.05) is 34.6 Å². The van der Waals surface area contributed by atoms with Crippen LogP contribution < -0.4 is 0 Å². The topological polar surface area (TPSA) is 3.24 Å². The van der Waals surface area contributed by atoms with Gasteiger partial charge in [-0.25, -0.2) is 0 Å². The summed E-state index contributed by atoms with van der Waals surface area (Å²) in [5, 5.41) is 0. The second kappa shape index (κ2) is 10.5. The first kappa shape index (κ1) is 30.8. The van der Waals surface area contributed by atoms with Crippen LogP contribution in [-0.2, 0) is 0 Å². The van der Waals surface area contributed by atoms with Gasteiger partial charge in [0.25, 0.3) is 0 Å². The van der Waals surface area contributed by atoms with Crippen molar-refractivity contribution in [2.24, 2.45) is 105 Å². The van der Waals surface area contributed by atoms with Gasteiger partial charge in [-0.15, -0.1) is 0 Å². The van der Waals surface area contributed by atoms with Crippen LogP contribution in [0.25, 0.3) is 0 Å². The fourth-order valence-electron chi connectivity index (χ4n) is 18.7. The minimum Gasteiger partial charge on any atom is -0.300 e. The van der Waals surface area contributed by atoms with Gasteiger partial charge in [0.1, 0.15) is 0 Å². The molecule has 12 aliphatic rings. The molecule has 46 heavy (non-hydrogen) atoms. The lowest BCUT2D eigenvalue weighted by atomic mass is 9.45. The van der Waals surface area contributed by atoms with Crippen molar-refractivity contribution in [3.05, 3.63) is 0 Å². The zero-order valence-electron chi connectivity index (χ0n) is 31.2. The van der Waals surface area contributed by atoms with Crippen LogP contribution in [0.3, 0.4) is 0 Å². The molecule has 1 heteroatoms. The maximum absolute atomic E-state index is 2.92. The first-order chi connectivity index (χ1) is 22.1. The predicted molar refractivity (Wildman–Crippen MR) is 191 cm³/mol. The molecular formula is C45H73N. The van der Waals surface area contributed by atoms with Gasteiger partial charge in [-0.05, 0) is 234 Å². The first-order valence-corrected chi connectivity index (χ1v) is 21.8. The third-order valence-electron chi connectivity index (χ3n) is 21.1. The monoisotopic (exact) mass is 628 g/mol. The Morgan fingerprint density at radius 1 is 0.674 bits per heavy atom. The number of hydrogen-bond donors (Lipinski definition) is 0. The number of fused-ring (bicyclic) bond motifs is 11. The minimum atomic E-state index is 0.552. The lowest BCUT2D eigenvalue weighted by Gasteiger charge is -2.62. The van der Waals surface area contributed by atoms with E-state index in [1.165, 1.54) is 19.3 Å². The molecule has 0 aromatic heterocycles. The molecule has 0 N–H and O–H groups in total. The highest BCUT2D eigenvalue weighted by Gasteiger charge is 2.66. The second-order valence-corrected chi connectivity index (χ2v) is 22.2. The van der Waals surface area contributed by atoms with Crippen LogP contribution in [0.2, 0.25) is 0 Å². The molecule has 0 spiro atoms. The van der Waals surface area contributed by atoms with Gasteiger partial charge >= 0.3 is 0 Å². The molecule has 0 radical (unpaired) electrons. The predicted octanol–water partition coefficient (Wildman–Crippen LogP) is 11.5. The SMILES string of the molecule is C[C@H](C1CC2CCC1CC2C(C)(C)C1CC2CC(C1)N2C)C(C1C2CCC(C2)C1C12CCC(C[C@H]1C)C2)[C@@H](C)C12CCC(CC1)C2. The molecule has 10 bridgehead atoms. The van der Waals surface area contributed by atoms with Crippen molar-refractivity contribution in [1.29, 1.82) is 0 Å². The van der Waals surface area contributed by atoms with Gasteiger partial charge in [0.15, 0.2) is 0 Å². The third-order valence-corrected chi connectivity index (χ3v) is 21.1. The Morgan fingerprint density at radius 2 is 1.37 bits per heavy atom. The van der Waals surface area contributed by atoms with E-state index in [9.17, 15) is 0 Å². The smallest absolute Gasteiger partial charge is 0.0113 e. The molecule has 258 valence electrons. The maximum atomic E-state index is 2.92. The molecule has 10 aliphatic carbocycles. The van der Waals surface area contributed by atoms with Crippen LogP contribution >= 0.6 is 0 Å². The Balaban J connectivity index is 0.959. The lowest BCUT2D eigenvalue weighted by molar-refractivity contribution is -0.123. The largest absolute Gasteiger partial charge is 0.300 e. The molecule has 0 amide bonds. The summed E-state index contributed by atoms with van der Waals surface area (Å²) in [5.41, 5.74) is 2.02. The van der Waals surface area contributed by atoms with Crippen molar-refractivity contribution >= 4 is 0 Å². The van der Waals surface area contributed by atoms with Crippen LogP contribution in [0.15, 0.2) is 0 Å². The second-order valence-electron chi connectivity index (χ2n) is 22.2. The average Bonchev–Trinajstić information content (AvgIpc) is 3.94. The van der Waals surface area contributed by atoms with Crippen molar-refractivity contribution in [3.63, 3.8) is 0 Å². The molecule has 16 atom stereocenters. The van der Waals surface area contributed by atoms with Gasteiger partial charge < -0.3 is 4.90 Å². The summed E-state index contributed by atoms with van der Waals surface area (Å²) < 4.78 is 0. The molecular weight excluding hydrogens is 555 g/mol. The van der Waals surface area contributed by atoms with E-state index < -0.39 is 0 Å². The summed E-state index contributed by atoms with van der Waals surface area (Å²) in [4.78, 5) is 2.73. The summed E-state index contributed by atoms with van der Waals surface area (Å²) in [6, 6.07) is 1.83. The lowest BCUT2D eigenvalue weighted by Crippen LogP contribution is -2.61. The van der Waals surface area contributed by atoms with E-state index in [2.05, 4.69) is 46.6 Å². The molecule has 0 aromatic carbocycles. The Bertz CT molecular complexity index is 1170. The Kier molecular flexibility index (Phi) is 7.02. The van der Waals surface area contributed by atoms with E-state index in [1.54, 1.807) is 103 Å². The van der Waals surface area contributed by atoms with E-state index in [0.717, 1.165) is 112 Å². The number of nitrogens with zero attached hydrogens (tertiary/aromatic N) is 1. The average molecular weight is 628 g/mol. The Hall–Kier alpha value is -0.0400. The zero-order chi connectivity index (χ0) is 31.3. The van der Waals surface area contributed by atoms with Crippen LogP contribution in [0.1, 0.15) is 157 Å². The summed E-state index contributed by atoms with van der Waals surface area (Å²) in [6.45, 7) is 14.1. The van der Waals surface area contributed by atoms with Crippen LogP contribution in [0.5, 0.6) is 0 Å². The molecule has 10 saturated carbocycles. The van der Waals surface area contributed by atoms with Crippen LogP contribution in [0, 0.1) is 105 Å². The first-order valence-electron chi connectivity index (χ1n) is 21.8. The normalized spacial score (nSPS) is 57.3. The maximum Gasteiger partial charge on any atom is 0.0113 e. The van der Waals surface area contributed by atoms with E-state index in [0.29, 0.717) is 5.41 Å². The van der Waals surface area contributed by atoms with E-state index in [-0.39, 0.29) is 0 Å². The highest BCUT2D eigenvalue weighted by Crippen LogP contribution is 2.74. The summed E-state index contributed by atoms with van der Waals surface area (Å²) in [6.07, 6.45) is 30.2. The van der Waals surface area contributed by atoms with Gasteiger partial charge in [0, 0.05) is 12.1 Å². The van der Waals surface area contributed by atoms with Crippen molar-refractivity contribution in [1.82, 2.24) is 4.90 Å².